The van der Waals surface area contributed by atoms with Crippen LogP contribution in [0.1, 0.15) is 39.0 Å². The number of amides is 1. The van der Waals surface area contributed by atoms with Gasteiger partial charge in [0.25, 0.3) is 0 Å². The second-order valence-electron chi connectivity index (χ2n) is 3.96. The van der Waals surface area contributed by atoms with Crippen LogP contribution in [0.25, 0.3) is 0 Å². The minimum atomic E-state index is 0.0371. The smallest absolute Gasteiger partial charge is 0.224 e. The van der Waals surface area contributed by atoms with Crippen LogP contribution in [-0.4, -0.2) is 29.9 Å². The van der Waals surface area contributed by atoms with E-state index in [2.05, 4.69) is 0 Å². The van der Waals surface area contributed by atoms with E-state index in [9.17, 15) is 4.79 Å². The molecule has 0 saturated heterocycles. The van der Waals surface area contributed by atoms with Gasteiger partial charge >= 0.3 is 0 Å². The Hall–Kier alpha value is -0.570. The van der Waals surface area contributed by atoms with Gasteiger partial charge in [-0.25, -0.2) is 0 Å². The first kappa shape index (κ1) is 10.5. The van der Waals surface area contributed by atoms with Crippen molar-refractivity contribution in [2.45, 2.75) is 51.1 Å². The van der Waals surface area contributed by atoms with E-state index in [0.717, 1.165) is 6.42 Å². The lowest BCUT2D eigenvalue weighted by atomic mass is 9.91. The van der Waals surface area contributed by atoms with Gasteiger partial charge in [0.1, 0.15) is 0 Å². The molecule has 1 aliphatic rings. The molecular formula is C10H20N2O. The maximum Gasteiger partial charge on any atom is 0.224 e. The van der Waals surface area contributed by atoms with E-state index in [1.54, 1.807) is 0 Å². The third-order valence-corrected chi connectivity index (χ3v) is 2.98. The Bertz CT molecular complexity index is 178. The van der Waals surface area contributed by atoms with E-state index in [1.165, 1.54) is 19.3 Å². The molecule has 0 bridgehead atoms. The first-order chi connectivity index (χ1) is 6.15. The number of hydrogen-bond donors (Lipinski definition) is 1. The first-order valence-electron chi connectivity index (χ1n) is 5.16. The van der Waals surface area contributed by atoms with Gasteiger partial charge in [0.05, 0.1) is 0 Å². The Morgan fingerprint density at radius 3 is 2.62 bits per heavy atom. The lowest BCUT2D eigenvalue weighted by Gasteiger charge is -2.35. The Morgan fingerprint density at radius 1 is 1.62 bits per heavy atom. The first-order valence-corrected chi connectivity index (χ1v) is 5.16. The van der Waals surface area contributed by atoms with Gasteiger partial charge in [-0.05, 0) is 25.7 Å². The van der Waals surface area contributed by atoms with Gasteiger partial charge in [0, 0.05) is 25.6 Å². The van der Waals surface area contributed by atoms with Crippen molar-refractivity contribution < 1.29 is 4.79 Å². The van der Waals surface area contributed by atoms with Crippen LogP contribution in [0.3, 0.4) is 0 Å². The van der Waals surface area contributed by atoms with E-state index in [0.29, 0.717) is 12.5 Å². The van der Waals surface area contributed by atoms with Crippen LogP contribution in [0.5, 0.6) is 0 Å². The van der Waals surface area contributed by atoms with Crippen LogP contribution < -0.4 is 5.73 Å². The number of nitrogens with zero attached hydrogens (tertiary/aromatic N) is 1. The minimum Gasteiger partial charge on any atom is -0.343 e. The molecule has 1 unspecified atom stereocenters. The molecule has 1 aliphatic carbocycles. The highest BCUT2D eigenvalue weighted by atomic mass is 16.2. The van der Waals surface area contributed by atoms with Crippen molar-refractivity contribution in [2.75, 3.05) is 7.05 Å². The lowest BCUT2D eigenvalue weighted by Crippen LogP contribution is -2.43. The fourth-order valence-electron chi connectivity index (χ4n) is 1.49. The molecule has 13 heavy (non-hydrogen) atoms. The Labute approximate surface area is 80.3 Å². The molecule has 0 radical (unpaired) electrons. The molecule has 0 aromatic heterocycles. The van der Waals surface area contributed by atoms with Gasteiger partial charge in [-0.2, -0.15) is 0 Å². The summed E-state index contributed by atoms with van der Waals surface area (Å²) in [7, 11) is 1.90. The average molecular weight is 184 g/mol. The van der Waals surface area contributed by atoms with Crippen molar-refractivity contribution in [3.8, 4) is 0 Å². The Morgan fingerprint density at radius 2 is 2.23 bits per heavy atom. The highest BCUT2D eigenvalue weighted by molar-refractivity contribution is 5.76. The zero-order valence-corrected chi connectivity index (χ0v) is 8.62. The summed E-state index contributed by atoms with van der Waals surface area (Å²) in [5.74, 6) is 0.207. The Balaban J connectivity index is 2.28. The zero-order chi connectivity index (χ0) is 9.84. The molecule has 1 rings (SSSR count). The van der Waals surface area contributed by atoms with Gasteiger partial charge in [0.15, 0.2) is 0 Å². The van der Waals surface area contributed by atoms with Crippen LogP contribution >= 0.6 is 0 Å². The molecule has 3 nitrogen and oxygen atoms in total. The SMILES string of the molecule is CCC(N)CC(=O)N(C)C1CCC1. The van der Waals surface area contributed by atoms with E-state index in [1.807, 2.05) is 18.9 Å². The van der Waals surface area contributed by atoms with Crippen LogP contribution in [0, 0.1) is 0 Å². The monoisotopic (exact) mass is 184 g/mol. The van der Waals surface area contributed by atoms with E-state index in [-0.39, 0.29) is 11.9 Å². The molecular weight excluding hydrogens is 164 g/mol. The highest BCUT2D eigenvalue weighted by Crippen LogP contribution is 2.24. The molecule has 1 saturated carbocycles. The molecule has 1 fully saturated rings. The fourth-order valence-corrected chi connectivity index (χ4v) is 1.49. The molecule has 0 heterocycles. The largest absolute Gasteiger partial charge is 0.343 e. The normalized spacial score (nSPS) is 19.3. The van der Waals surface area contributed by atoms with E-state index >= 15 is 0 Å². The van der Waals surface area contributed by atoms with Crippen molar-refractivity contribution in [2.24, 2.45) is 5.73 Å². The van der Waals surface area contributed by atoms with Gasteiger partial charge in [-0.1, -0.05) is 6.92 Å². The summed E-state index contributed by atoms with van der Waals surface area (Å²) < 4.78 is 0. The molecule has 3 heteroatoms. The van der Waals surface area contributed by atoms with Gasteiger partial charge in [-0.15, -0.1) is 0 Å². The number of nitrogens with two attached hydrogens (primary N) is 1. The fraction of sp³-hybridized carbons (Fsp3) is 0.900. The van der Waals surface area contributed by atoms with Crippen molar-refractivity contribution in [1.29, 1.82) is 0 Å². The van der Waals surface area contributed by atoms with Crippen molar-refractivity contribution >= 4 is 5.91 Å². The van der Waals surface area contributed by atoms with Crippen LogP contribution in [0.4, 0.5) is 0 Å². The van der Waals surface area contributed by atoms with Crippen LogP contribution in [0.2, 0.25) is 0 Å². The number of carbonyl (C=O) groups is 1. The maximum absolute atomic E-state index is 11.6. The second-order valence-corrected chi connectivity index (χ2v) is 3.96. The lowest BCUT2D eigenvalue weighted by molar-refractivity contribution is -0.133. The summed E-state index contributed by atoms with van der Waals surface area (Å²) in [4.78, 5) is 13.5. The summed E-state index contributed by atoms with van der Waals surface area (Å²) >= 11 is 0. The Kier molecular flexibility index (Phi) is 3.72. The molecule has 76 valence electrons. The van der Waals surface area contributed by atoms with E-state index in [4.69, 9.17) is 5.73 Å². The number of rotatable bonds is 4. The summed E-state index contributed by atoms with van der Waals surface area (Å²) in [5, 5.41) is 0. The van der Waals surface area contributed by atoms with Crippen molar-refractivity contribution in [1.82, 2.24) is 4.90 Å². The molecule has 0 aliphatic heterocycles. The third-order valence-electron chi connectivity index (χ3n) is 2.98. The predicted octanol–water partition coefficient (Wildman–Crippen LogP) is 1.12. The molecule has 2 N–H and O–H groups in total. The van der Waals surface area contributed by atoms with E-state index < -0.39 is 0 Å². The molecule has 1 amide bonds. The quantitative estimate of drug-likeness (QED) is 0.711. The topological polar surface area (TPSA) is 46.3 Å². The summed E-state index contributed by atoms with van der Waals surface area (Å²) in [5.41, 5.74) is 5.72. The third kappa shape index (κ3) is 2.69. The minimum absolute atomic E-state index is 0.0371. The summed E-state index contributed by atoms with van der Waals surface area (Å²) in [6.45, 7) is 2.02. The summed E-state index contributed by atoms with van der Waals surface area (Å²) in [6.07, 6.45) is 4.99. The van der Waals surface area contributed by atoms with Crippen LogP contribution in [-0.2, 0) is 4.79 Å². The molecule has 0 aromatic carbocycles. The molecule has 0 spiro atoms. The predicted molar refractivity (Wildman–Crippen MR) is 53.3 cm³/mol. The zero-order valence-electron chi connectivity index (χ0n) is 8.62. The van der Waals surface area contributed by atoms with Gasteiger partial charge in [0.2, 0.25) is 5.91 Å². The highest BCUT2D eigenvalue weighted by Gasteiger charge is 2.25. The number of carbonyl (C=O) groups excluding carboxylic acids is 1. The average Bonchev–Trinajstić information content (AvgIpc) is 2.00. The molecule has 1 atom stereocenters. The molecule has 0 aromatic rings. The van der Waals surface area contributed by atoms with Crippen LogP contribution in [0.15, 0.2) is 0 Å². The number of hydrogen-bond acceptors (Lipinski definition) is 2. The van der Waals surface area contributed by atoms with Gasteiger partial charge < -0.3 is 10.6 Å². The summed E-state index contributed by atoms with van der Waals surface area (Å²) in [6, 6.07) is 0.534. The maximum atomic E-state index is 11.6. The standard InChI is InChI=1S/C10H20N2O/c1-3-8(11)7-10(13)12(2)9-5-4-6-9/h8-9H,3-7,11H2,1-2H3. The van der Waals surface area contributed by atoms with Crippen molar-refractivity contribution in [3.63, 3.8) is 0 Å². The second kappa shape index (κ2) is 4.61. The van der Waals surface area contributed by atoms with Gasteiger partial charge in [-0.3, -0.25) is 4.79 Å². The van der Waals surface area contributed by atoms with Crippen molar-refractivity contribution in [3.05, 3.63) is 0 Å².